The Balaban J connectivity index is 0. The molecule has 9 heavy (non-hydrogen) atoms. The van der Waals surface area contributed by atoms with Crippen LogP contribution in [-0.4, -0.2) is 11.6 Å². The van der Waals surface area contributed by atoms with E-state index in [1.807, 2.05) is 0 Å². The largest absolute Gasteiger partial charge is 0.300 e. The van der Waals surface area contributed by atoms with Gasteiger partial charge in [0.05, 0.1) is 6.42 Å². The fourth-order valence-electron chi connectivity index (χ4n) is 0.403. The van der Waals surface area contributed by atoms with E-state index in [-0.39, 0.29) is 38.4 Å². The van der Waals surface area contributed by atoms with Crippen molar-refractivity contribution >= 4 is 11.6 Å². The van der Waals surface area contributed by atoms with E-state index in [0.29, 0.717) is 6.42 Å². The molecule has 0 bridgehead atoms. The molecule has 0 rings (SSSR count). The maximum atomic E-state index is 10.4. The third-order valence-electron chi connectivity index (χ3n) is 0.840. The smallest absolute Gasteiger partial charge is 0.139 e. The number of hydrogen-bond donors (Lipinski definition) is 0. The average molecular weight is 221 g/mol. The van der Waals surface area contributed by atoms with Crippen molar-refractivity contribution in [1.82, 2.24) is 0 Å². The van der Waals surface area contributed by atoms with Crippen LogP contribution in [0, 0.1) is 0 Å². The Morgan fingerprint density at radius 2 is 1.78 bits per heavy atom. The molecule has 0 atom stereocenters. The van der Waals surface area contributed by atoms with Crippen LogP contribution in [0.5, 0.6) is 0 Å². The first-order valence-corrected chi connectivity index (χ1v) is 2.68. The normalized spacial score (nSPS) is 7.78. The summed E-state index contributed by atoms with van der Waals surface area (Å²) in [6.45, 7) is 3.18. The summed E-state index contributed by atoms with van der Waals surface area (Å²) in [6.07, 6.45) is 0.579. The second-order valence-corrected chi connectivity index (χ2v) is 1.77. The zero-order chi connectivity index (χ0) is 6.57. The molecular weight excluding hydrogens is 210 g/mol. The van der Waals surface area contributed by atoms with Gasteiger partial charge in [-0.15, -0.1) is 0 Å². The van der Waals surface area contributed by atoms with Crippen LogP contribution in [0.1, 0.15) is 26.7 Å². The zero-order valence-corrected chi connectivity index (χ0v) is 7.10. The van der Waals surface area contributed by atoms with Gasteiger partial charge in [0.2, 0.25) is 0 Å². The molecule has 0 heterocycles. The van der Waals surface area contributed by atoms with Crippen molar-refractivity contribution in [2.75, 3.05) is 0 Å². The summed E-state index contributed by atoms with van der Waals surface area (Å²) in [5, 5.41) is 0. The molecule has 0 radical (unpaired) electrons. The van der Waals surface area contributed by atoms with Crippen LogP contribution in [0.3, 0.4) is 0 Å². The first kappa shape index (κ1) is 11.8. The Morgan fingerprint density at radius 3 is 1.89 bits per heavy atom. The predicted molar refractivity (Wildman–Crippen MR) is 30.6 cm³/mol. The van der Waals surface area contributed by atoms with Crippen molar-refractivity contribution in [2.24, 2.45) is 0 Å². The second-order valence-electron chi connectivity index (χ2n) is 1.77. The van der Waals surface area contributed by atoms with Gasteiger partial charge in [-0.25, -0.2) is 0 Å². The quantitative estimate of drug-likeness (QED) is 0.524. The van der Waals surface area contributed by atoms with Crippen LogP contribution in [0.4, 0.5) is 0 Å². The number of carbonyl (C=O) groups is 2. The maximum Gasteiger partial charge on any atom is 0.139 e. The molecule has 3 heteroatoms. The van der Waals surface area contributed by atoms with Gasteiger partial charge in [0.25, 0.3) is 0 Å². The third-order valence-corrected chi connectivity index (χ3v) is 0.840. The fraction of sp³-hybridized carbons (Fsp3) is 0.667. The fourth-order valence-corrected chi connectivity index (χ4v) is 0.403. The van der Waals surface area contributed by atoms with E-state index in [2.05, 4.69) is 0 Å². The molecule has 2 nitrogen and oxygen atoms in total. The number of Topliss-reactive ketones (excluding diaryl/α,β-unsaturated/α-hetero) is 2. The van der Waals surface area contributed by atoms with E-state index < -0.39 is 0 Å². The van der Waals surface area contributed by atoms with Crippen LogP contribution >= 0.6 is 0 Å². The van der Waals surface area contributed by atoms with Gasteiger partial charge in [-0.3, -0.25) is 9.59 Å². The molecule has 0 unspecified atom stereocenters. The molecule has 0 aliphatic carbocycles. The van der Waals surface area contributed by atoms with Gasteiger partial charge in [-0.1, -0.05) is 6.92 Å². The van der Waals surface area contributed by atoms with Crippen molar-refractivity contribution in [2.45, 2.75) is 26.7 Å². The van der Waals surface area contributed by atoms with Gasteiger partial charge in [0, 0.05) is 26.8 Å². The molecule has 0 aromatic carbocycles. The number of ketones is 2. The van der Waals surface area contributed by atoms with Crippen molar-refractivity contribution in [3.63, 3.8) is 0 Å². The van der Waals surface area contributed by atoms with Gasteiger partial charge in [0.1, 0.15) is 11.6 Å². The second kappa shape index (κ2) is 6.13. The van der Waals surface area contributed by atoms with Crippen molar-refractivity contribution in [1.29, 1.82) is 0 Å². The molecular formula is C6H10O2Pd. The molecule has 0 aromatic rings. The van der Waals surface area contributed by atoms with Gasteiger partial charge >= 0.3 is 0 Å². The average Bonchev–Trinajstić information content (AvgIpc) is 1.65. The van der Waals surface area contributed by atoms with Crippen LogP contribution in [-0.2, 0) is 30.0 Å². The monoisotopic (exact) mass is 220 g/mol. The van der Waals surface area contributed by atoms with Gasteiger partial charge in [-0.05, 0) is 6.92 Å². The minimum Gasteiger partial charge on any atom is -0.300 e. The van der Waals surface area contributed by atoms with Crippen LogP contribution in [0.25, 0.3) is 0 Å². The van der Waals surface area contributed by atoms with E-state index >= 15 is 0 Å². The minimum absolute atomic E-state index is 0. The molecule has 0 amide bonds. The minimum atomic E-state index is -0.0446. The van der Waals surface area contributed by atoms with Gasteiger partial charge in [0.15, 0.2) is 0 Å². The van der Waals surface area contributed by atoms with E-state index in [1.165, 1.54) is 6.92 Å². The Morgan fingerprint density at radius 1 is 1.33 bits per heavy atom. The third kappa shape index (κ3) is 8.00. The molecule has 0 spiro atoms. The molecule has 56 valence electrons. The van der Waals surface area contributed by atoms with Crippen molar-refractivity contribution < 1.29 is 30.0 Å². The number of rotatable bonds is 3. The summed E-state index contributed by atoms with van der Waals surface area (Å²) in [4.78, 5) is 20.6. The number of hydrogen-bond acceptors (Lipinski definition) is 2. The summed E-state index contributed by atoms with van der Waals surface area (Å²) in [6, 6.07) is 0. The van der Waals surface area contributed by atoms with E-state index in [1.54, 1.807) is 6.92 Å². The molecule has 0 aromatic heterocycles. The van der Waals surface area contributed by atoms with Crippen molar-refractivity contribution in [3.05, 3.63) is 0 Å². The Hall–Kier alpha value is 0.00234. The summed E-state index contributed by atoms with van der Waals surface area (Å²) in [7, 11) is 0. The summed E-state index contributed by atoms with van der Waals surface area (Å²) in [5.41, 5.74) is 0. The summed E-state index contributed by atoms with van der Waals surface area (Å²) >= 11 is 0. The van der Waals surface area contributed by atoms with E-state index in [0.717, 1.165) is 0 Å². The first-order valence-electron chi connectivity index (χ1n) is 2.68. The zero-order valence-electron chi connectivity index (χ0n) is 5.55. The summed E-state index contributed by atoms with van der Waals surface area (Å²) in [5.74, 6) is -0.0191. The standard InChI is InChI=1S/C6H10O2.Pd/c1-3-6(8)4-5(2)7;/h3-4H2,1-2H3;. The molecule has 0 aliphatic heterocycles. The van der Waals surface area contributed by atoms with Crippen molar-refractivity contribution in [3.8, 4) is 0 Å². The molecule has 0 saturated heterocycles. The molecule has 0 aliphatic rings. The maximum absolute atomic E-state index is 10.4. The Labute approximate surface area is 68.7 Å². The molecule has 0 fully saturated rings. The topological polar surface area (TPSA) is 34.1 Å². The van der Waals surface area contributed by atoms with E-state index in [9.17, 15) is 9.59 Å². The number of carbonyl (C=O) groups excluding carboxylic acids is 2. The molecule has 0 saturated carbocycles. The van der Waals surface area contributed by atoms with Crippen LogP contribution in [0.15, 0.2) is 0 Å². The van der Waals surface area contributed by atoms with Crippen LogP contribution in [0.2, 0.25) is 0 Å². The Kier molecular flexibility index (Phi) is 8.00. The Bertz CT molecular complexity index is 110. The predicted octanol–water partition coefficient (Wildman–Crippen LogP) is 0.942. The van der Waals surface area contributed by atoms with Crippen LogP contribution < -0.4 is 0 Å². The molecule has 0 N–H and O–H groups in total. The van der Waals surface area contributed by atoms with E-state index in [4.69, 9.17) is 0 Å². The first-order chi connectivity index (χ1) is 3.66. The van der Waals surface area contributed by atoms with Gasteiger partial charge in [-0.2, -0.15) is 0 Å². The summed E-state index contributed by atoms with van der Waals surface area (Å²) < 4.78 is 0. The van der Waals surface area contributed by atoms with Gasteiger partial charge < -0.3 is 0 Å². The SMILES string of the molecule is CCC(=O)CC(C)=O.[Pd].